The fourth-order valence-corrected chi connectivity index (χ4v) is 5.15. The van der Waals surface area contributed by atoms with Crippen LogP contribution in [0, 0.1) is 0 Å². The predicted molar refractivity (Wildman–Crippen MR) is 134 cm³/mol. The van der Waals surface area contributed by atoms with Crippen molar-refractivity contribution in [1.82, 2.24) is 10.2 Å². The fraction of sp³-hybridized carbons (Fsp3) is 0.160. The van der Waals surface area contributed by atoms with E-state index in [1.165, 1.54) is 24.3 Å². The Hall–Kier alpha value is -3.47. The number of hydrogen-bond acceptors (Lipinski definition) is 6. The zero-order chi connectivity index (χ0) is 25.2. The molecule has 8 nitrogen and oxygen atoms in total. The van der Waals surface area contributed by atoms with Crippen LogP contribution >= 0.6 is 11.8 Å². The van der Waals surface area contributed by atoms with Gasteiger partial charge in [-0.15, -0.1) is 0 Å². The van der Waals surface area contributed by atoms with Crippen molar-refractivity contribution in [2.24, 2.45) is 5.14 Å². The molecular weight excluding hydrogens is 486 g/mol. The second kappa shape index (κ2) is 10.0. The van der Waals surface area contributed by atoms with Crippen molar-refractivity contribution in [2.45, 2.75) is 23.1 Å². The molecule has 1 atom stereocenters. The number of imide groups is 1. The second-order valence-corrected chi connectivity index (χ2v) is 11.0. The van der Waals surface area contributed by atoms with Gasteiger partial charge in [0.15, 0.2) is 0 Å². The van der Waals surface area contributed by atoms with E-state index in [1.54, 1.807) is 11.9 Å². The van der Waals surface area contributed by atoms with Crippen LogP contribution in [0.5, 0.6) is 0 Å². The first kappa shape index (κ1) is 24.6. The molecule has 3 amide bonds. The molecule has 0 radical (unpaired) electrons. The molecule has 0 saturated carbocycles. The summed E-state index contributed by atoms with van der Waals surface area (Å²) in [5.74, 6) is -0.496. The quantitative estimate of drug-likeness (QED) is 0.504. The van der Waals surface area contributed by atoms with Crippen LogP contribution in [0.1, 0.15) is 21.5 Å². The number of amides is 3. The van der Waals surface area contributed by atoms with Gasteiger partial charge in [-0.25, -0.2) is 13.6 Å². The number of nitrogens with two attached hydrogens (primary N) is 1. The number of hydrogen-bond donors (Lipinski definition) is 2. The smallest absolute Gasteiger partial charge is 0.286 e. The molecule has 0 aliphatic carbocycles. The summed E-state index contributed by atoms with van der Waals surface area (Å²) in [6.45, 7) is 0.365. The maximum atomic E-state index is 12.8. The van der Waals surface area contributed by atoms with Gasteiger partial charge in [-0.1, -0.05) is 54.2 Å². The summed E-state index contributed by atoms with van der Waals surface area (Å²) in [6.07, 6.45) is 0.480. The van der Waals surface area contributed by atoms with Crippen molar-refractivity contribution in [3.8, 4) is 11.1 Å². The molecule has 1 aliphatic rings. The highest BCUT2D eigenvalue weighted by Gasteiger charge is 2.31. The van der Waals surface area contributed by atoms with Gasteiger partial charge in [0.2, 0.25) is 15.9 Å². The summed E-state index contributed by atoms with van der Waals surface area (Å²) < 4.78 is 22.8. The zero-order valence-electron chi connectivity index (χ0n) is 18.8. The number of sulfonamides is 1. The van der Waals surface area contributed by atoms with Gasteiger partial charge < -0.3 is 4.90 Å². The van der Waals surface area contributed by atoms with Crippen molar-refractivity contribution in [3.63, 3.8) is 0 Å². The summed E-state index contributed by atoms with van der Waals surface area (Å²) in [7, 11) is -2.14. The third kappa shape index (κ3) is 5.97. The summed E-state index contributed by atoms with van der Waals surface area (Å²) >= 11 is 1.01. The van der Waals surface area contributed by atoms with Gasteiger partial charge in [0, 0.05) is 19.2 Å². The number of carbonyl (C=O) groups is 3. The first-order valence-electron chi connectivity index (χ1n) is 10.7. The lowest BCUT2D eigenvalue weighted by Crippen LogP contribution is -2.26. The minimum Gasteiger partial charge on any atom is -0.337 e. The van der Waals surface area contributed by atoms with Crippen LogP contribution in [0.15, 0.2) is 77.7 Å². The molecule has 3 aromatic rings. The van der Waals surface area contributed by atoms with Crippen LogP contribution in [0.3, 0.4) is 0 Å². The largest absolute Gasteiger partial charge is 0.337 e. The third-order valence-corrected chi connectivity index (χ3v) is 7.51. The van der Waals surface area contributed by atoms with Gasteiger partial charge in [-0.05, 0) is 59.0 Å². The highest BCUT2D eigenvalue weighted by atomic mass is 32.2. The summed E-state index contributed by atoms with van der Waals surface area (Å²) in [6, 6.07) is 21.2. The van der Waals surface area contributed by atoms with Crippen molar-refractivity contribution in [3.05, 3.63) is 89.5 Å². The summed E-state index contributed by atoms with van der Waals surface area (Å²) in [5, 5.41) is 6.70. The van der Waals surface area contributed by atoms with E-state index in [0.717, 1.165) is 34.0 Å². The van der Waals surface area contributed by atoms with Gasteiger partial charge in [-0.2, -0.15) is 0 Å². The molecule has 0 aromatic heterocycles. The molecular formula is C25H23N3O5S2. The number of thioether (sulfide) groups is 1. The van der Waals surface area contributed by atoms with E-state index in [4.69, 9.17) is 5.14 Å². The highest BCUT2D eigenvalue weighted by molar-refractivity contribution is 8.15. The molecule has 1 unspecified atom stereocenters. The second-order valence-electron chi connectivity index (χ2n) is 8.22. The molecule has 35 heavy (non-hydrogen) atoms. The number of carbonyl (C=O) groups excluding carboxylic acids is 3. The summed E-state index contributed by atoms with van der Waals surface area (Å²) in [5.41, 5.74) is 4.23. The minimum atomic E-state index is -3.82. The Bertz CT molecular complexity index is 1390. The zero-order valence-corrected chi connectivity index (χ0v) is 20.4. The normalized spacial score (nSPS) is 15.7. The van der Waals surface area contributed by atoms with Gasteiger partial charge in [0.1, 0.15) is 0 Å². The maximum Gasteiger partial charge on any atom is 0.286 e. The van der Waals surface area contributed by atoms with E-state index < -0.39 is 15.3 Å². The topological polar surface area (TPSA) is 127 Å². The van der Waals surface area contributed by atoms with E-state index in [9.17, 15) is 22.8 Å². The Morgan fingerprint density at radius 2 is 1.66 bits per heavy atom. The lowest BCUT2D eigenvalue weighted by atomic mass is 10.00. The molecule has 0 spiro atoms. The number of primary sulfonamides is 1. The number of rotatable bonds is 7. The lowest BCUT2D eigenvalue weighted by molar-refractivity contribution is -0.118. The van der Waals surface area contributed by atoms with E-state index >= 15 is 0 Å². The number of nitrogens with zero attached hydrogens (tertiary/aromatic N) is 1. The molecule has 1 heterocycles. The minimum absolute atomic E-state index is 0.0471. The molecule has 10 heteroatoms. The molecule has 180 valence electrons. The van der Waals surface area contributed by atoms with Crippen LogP contribution in [0.25, 0.3) is 11.1 Å². The number of nitrogens with one attached hydrogen (secondary N) is 1. The van der Waals surface area contributed by atoms with Crippen LogP contribution in [-0.2, 0) is 27.8 Å². The van der Waals surface area contributed by atoms with Gasteiger partial charge in [0.05, 0.1) is 10.1 Å². The average molecular weight is 510 g/mol. The van der Waals surface area contributed by atoms with Crippen molar-refractivity contribution in [2.75, 3.05) is 7.05 Å². The van der Waals surface area contributed by atoms with Gasteiger partial charge in [-0.3, -0.25) is 19.7 Å². The summed E-state index contributed by atoms with van der Waals surface area (Å²) in [4.78, 5) is 37.4. The van der Waals surface area contributed by atoms with Gasteiger partial charge in [0.25, 0.3) is 11.1 Å². The van der Waals surface area contributed by atoms with Crippen LogP contribution in [0.4, 0.5) is 4.79 Å². The molecule has 3 aromatic carbocycles. The highest BCUT2D eigenvalue weighted by Crippen LogP contribution is 2.26. The molecule has 0 bridgehead atoms. The van der Waals surface area contributed by atoms with E-state index in [-0.39, 0.29) is 21.9 Å². The van der Waals surface area contributed by atoms with E-state index in [0.29, 0.717) is 18.5 Å². The molecule has 3 N–H and O–H groups in total. The van der Waals surface area contributed by atoms with Crippen LogP contribution in [0.2, 0.25) is 0 Å². The molecule has 1 fully saturated rings. The SMILES string of the molecule is CN(Cc1cccc(-c2ccc(CC3SC(=O)NC3=O)cc2)c1)C(=O)c1ccc(S(N)(=O)=O)cc1. The van der Waals surface area contributed by atoms with Crippen LogP contribution < -0.4 is 10.5 Å². The maximum absolute atomic E-state index is 12.8. The van der Waals surface area contributed by atoms with Crippen molar-refractivity contribution >= 4 is 38.8 Å². The number of benzene rings is 3. The standard InChI is InChI=1S/C25H23N3O5S2/c1-28(24(30)19-9-11-21(12-10-19)35(26,32)33)15-17-3-2-4-20(13-17)18-7-5-16(6-8-18)14-22-23(29)27-25(31)34-22/h2-13,22H,14-15H2,1H3,(H2,26,32,33)(H,27,29,31). The Morgan fingerprint density at radius 3 is 2.26 bits per heavy atom. The Kier molecular flexibility index (Phi) is 7.06. The third-order valence-electron chi connectivity index (χ3n) is 5.60. The monoisotopic (exact) mass is 509 g/mol. The fourth-order valence-electron chi connectivity index (χ4n) is 3.78. The van der Waals surface area contributed by atoms with Crippen LogP contribution in [-0.4, -0.2) is 42.7 Å². The van der Waals surface area contributed by atoms with Crippen molar-refractivity contribution < 1.29 is 22.8 Å². The van der Waals surface area contributed by atoms with E-state index in [2.05, 4.69) is 5.32 Å². The average Bonchev–Trinajstić information content (AvgIpc) is 3.15. The Labute approximate surface area is 207 Å². The first-order chi connectivity index (χ1) is 16.6. The molecule has 1 aliphatic heterocycles. The molecule has 1 saturated heterocycles. The Balaban J connectivity index is 1.42. The molecule has 4 rings (SSSR count). The first-order valence-corrected chi connectivity index (χ1v) is 13.1. The predicted octanol–water partition coefficient (Wildman–Crippen LogP) is 3.17. The van der Waals surface area contributed by atoms with Gasteiger partial charge >= 0.3 is 0 Å². The lowest BCUT2D eigenvalue weighted by Gasteiger charge is -2.18. The van der Waals surface area contributed by atoms with Crippen molar-refractivity contribution in [1.29, 1.82) is 0 Å². The Morgan fingerprint density at radius 1 is 0.971 bits per heavy atom. The van der Waals surface area contributed by atoms with E-state index in [1.807, 2.05) is 48.5 Å².